The summed E-state index contributed by atoms with van der Waals surface area (Å²) in [7, 11) is -3.27. The van der Waals surface area contributed by atoms with E-state index in [-0.39, 0.29) is 18.1 Å². The quantitative estimate of drug-likeness (QED) is 0.566. The predicted octanol–water partition coefficient (Wildman–Crippen LogP) is -0.790. The second-order valence-corrected chi connectivity index (χ2v) is 7.15. The van der Waals surface area contributed by atoms with Gasteiger partial charge in [0, 0.05) is 25.3 Å². The highest BCUT2D eigenvalue weighted by Crippen LogP contribution is 2.10. The van der Waals surface area contributed by atoms with Crippen molar-refractivity contribution >= 4 is 21.8 Å². The highest BCUT2D eigenvalue weighted by molar-refractivity contribution is 7.90. The van der Waals surface area contributed by atoms with Crippen molar-refractivity contribution in [3.63, 3.8) is 0 Å². The maximum Gasteiger partial charge on any atom is 0.326 e. The van der Waals surface area contributed by atoms with Crippen LogP contribution in [0.3, 0.4) is 0 Å². The van der Waals surface area contributed by atoms with Crippen LogP contribution in [0.5, 0.6) is 0 Å². The highest BCUT2D eigenvalue weighted by atomic mass is 32.2. The summed E-state index contributed by atoms with van der Waals surface area (Å²) in [5.41, 5.74) is 0. The number of hydrogen-bond acceptors (Lipinski definition) is 5. The van der Waals surface area contributed by atoms with Gasteiger partial charge in [0.25, 0.3) is 0 Å². The summed E-state index contributed by atoms with van der Waals surface area (Å²) in [6.45, 7) is 1.65. The first-order valence-electron chi connectivity index (χ1n) is 6.30. The summed E-state index contributed by atoms with van der Waals surface area (Å²) in [6.07, 6.45) is 1.72. The van der Waals surface area contributed by atoms with E-state index in [1.165, 1.54) is 0 Å². The van der Waals surface area contributed by atoms with Crippen molar-refractivity contribution in [1.82, 2.24) is 10.6 Å². The number of aliphatic carboxylic acids is 1. The molecule has 0 spiro atoms. The van der Waals surface area contributed by atoms with Crippen LogP contribution in [0, 0.1) is 5.92 Å². The molecule has 8 nitrogen and oxygen atoms in total. The van der Waals surface area contributed by atoms with Gasteiger partial charge in [-0.2, -0.15) is 0 Å². The first kappa shape index (κ1) is 16.7. The fourth-order valence-electron chi connectivity index (χ4n) is 1.78. The normalized spacial score (nSPS) is 20.4. The smallest absolute Gasteiger partial charge is 0.326 e. The second kappa shape index (κ2) is 7.44. The second-order valence-electron chi connectivity index (χ2n) is 4.89. The summed E-state index contributed by atoms with van der Waals surface area (Å²) in [6, 6.07) is -1.83. The van der Waals surface area contributed by atoms with Crippen LogP contribution in [0.25, 0.3) is 0 Å². The average molecular weight is 308 g/mol. The molecular weight excluding hydrogens is 288 g/mol. The van der Waals surface area contributed by atoms with Crippen molar-refractivity contribution < 1.29 is 27.9 Å². The number of carboxylic acid groups (broad SMARTS) is 1. The zero-order valence-corrected chi connectivity index (χ0v) is 12.1. The van der Waals surface area contributed by atoms with Gasteiger partial charge in [0.2, 0.25) is 0 Å². The van der Waals surface area contributed by atoms with Crippen LogP contribution < -0.4 is 10.6 Å². The standard InChI is InChI=1S/C11H20N2O6S/c1-20(17,18)5-3-9(10(14)15)13-11(16)12-6-8-2-4-19-7-8/h8-9H,2-7H2,1H3,(H,14,15)(H2,12,13,16). The van der Waals surface area contributed by atoms with Gasteiger partial charge in [-0.1, -0.05) is 0 Å². The summed E-state index contributed by atoms with van der Waals surface area (Å²) in [5.74, 6) is -1.31. The van der Waals surface area contributed by atoms with Crippen LogP contribution in [0.15, 0.2) is 0 Å². The number of rotatable bonds is 7. The molecule has 2 atom stereocenters. The molecule has 0 aromatic heterocycles. The van der Waals surface area contributed by atoms with Gasteiger partial charge in [-0.15, -0.1) is 0 Å². The summed E-state index contributed by atoms with van der Waals surface area (Å²) in [4.78, 5) is 22.5. The van der Waals surface area contributed by atoms with Crippen molar-refractivity contribution in [3.05, 3.63) is 0 Å². The lowest BCUT2D eigenvalue weighted by atomic mass is 10.1. The van der Waals surface area contributed by atoms with Crippen LogP contribution in [0.4, 0.5) is 4.79 Å². The van der Waals surface area contributed by atoms with Crippen molar-refractivity contribution in [2.24, 2.45) is 5.92 Å². The van der Waals surface area contributed by atoms with Gasteiger partial charge in [-0.3, -0.25) is 0 Å². The molecule has 1 heterocycles. The third-order valence-electron chi connectivity index (χ3n) is 2.96. The molecule has 0 radical (unpaired) electrons. The number of ether oxygens (including phenoxy) is 1. The molecule has 3 N–H and O–H groups in total. The lowest BCUT2D eigenvalue weighted by Crippen LogP contribution is -2.47. The Morgan fingerprint density at radius 1 is 1.45 bits per heavy atom. The fourth-order valence-corrected chi connectivity index (χ4v) is 2.44. The summed E-state index contributed by atoms with van der Waals surface area (Å²) in [5, 5.41) is 13.8. The molecule has 9 heteroatoms. The third-order valence-corrected chi connectivity index (χ3v) is 3.93. The molecule has 1 rings (SSSR count). The molecule has 0 aromatic carbocycles. The molecule has 2 amide bonds. The summed E-state index contributed by atoms with van der Waals surface area (Å²) >= 11 is 0. The van der Waals surface area contributed by atoms with Gasteiger partial charge in [-0.05, 0) is 12.8 Å². The Labute approximate surface area is 117 Å². The molecule has 0 aromatic rings. The van der Waals surface area contributed by atoms with Crippen molar-refractivity contribution in [1.29, 1.82) is 0 Å². The topological polar surface area (TPSA) is 122 Å². The first-order chi connectivity index (χ1) is 9.28. The number of urea groups is 1. The zero-order valence-electron chi connectivity index (χ0n) is 11.3. The predicted molar refractivity (Wildman–Crippen MR) is 71.2 cm³/mol. The number of carboxylic acids is 1. The number of carbonyl (C=O) groups excluding carboxylic acids is 1. The number of sulfone groups is 1. The number of amides is 2. The van der Waals surface area contributed by atoms with Gasteiger partial charge in [0.1, 0.15) is 15.9 Å². The van der Waals surface area contributed by atoms with Crippen LogP contribution in [0.2, 0.25) is 0 Å². The van der Waals surface area contributed by atoms with E-state index in [9.17, 15) is 18.0 Å². The highest BCUT2D eigenvalue weighted by Gasteiger charge is 2.22. The van der Waals surface area contributed by atoms with Crippen molar-refractivity contribution in [2.45, 2.75) is 18.9 Å². The van der Waals surface area contributed by atoms with Crippen LogP contribution >= 0.6 is 0 Å². The van der Waals surface area contributed by atoms with Gasteiger partial charge in [0.05, 0.1) is 12.4 Å². The van der Waals surface area contributed by atoms with Gasteiger partial charge >= 0.3 is 12.0 Å². The molecule has 1 saturated heterocycles. The maximum absolute atomic E-state index is 11.6. The van der Waals surface area contributed by atoms with Crippen LogP contribution in [0.1, 0.15) is 12.8 Å². The molecule has 20 heavy (non-hydrogen) atoms. The molecule has 116 valence electrons. The number of nitrogens with one attached hydrogen (secondary N) is 2. The van der Waals surface area contributed by atoms with Gasteiger partial charge in [-0.25, -0.2) is 18.0 Å². The van der Waals surface area contributed by atoms with Crippen LogP contribution in [-0.4, -0.2) is 63.3 Å². The van der Waals surface area contributed by atoms with Crippen LogP contribution in [-0.2, 0) is 19.4 Å². The maximum atomic E-state index is 11.6. The number of carbonyl (C=O) groups is 2. The van der Waals surface area contributed by atoms with Gasteiger partial charge in [0.15, 0.2) is 0 Å². The SMILES string of the molecule is CS(=O)(=O)CCC(NC(=O)NCC1CCOC1)C(=O)O. The molecule has 0 saturated carbocycles. The third kappa shape index (κ3) is 6.71. The van der Waals surface area contributed by atoms with E-state index in [2.05, 4.69) is 10.6 Å². The molecule has 1 aliphatic rings. The van der Waals surface area contributed by atoms with E-state index in [0.717, 1.165) is 12.7 Å². The minimum atomic E-state index is -3.27. The Balaban J connectivity index is 2.36. The van der Waals surface area contributed by atoms with Gasteiger partial charge < -0.3 is 20.5 Å². The van der Waals surface area contributed by atoms with E-state index in [1.54, 1.807) is 0 Å². The number of hydrogen-bond donors (Lipinski definition) is 3. The van der Waals surface area contributed by atoms with E-state index in [0.29, 0.717) is 19.8 Å². The molecule has 0 bridgehead atoms. The largest absolute Gasteiger partial charge is 0.480 e. The lowest BCUT2D eigenvalue weighted by molar-refractivity contribution is -0.139. The monoisotopic (exact) mass is 308 g/mol. The van der Waals surface area contributed by atoms with E-state index in [1.807, 2.05) is 0 Å². The zero-order chi connectivity index (χ0) is 15.2. The van der Waals surface area contributed by atoms with E-state index < -0.39 is 27.9 Å². The van der Waals surface area contributed by atoms with Crippen molar-refractivity contribution in [2.75, 3.05) is 31.8 Å². The minimum absolute atomic E-state index is 0.159. The molecule has 1 fully saturated rings. The Kier molecular flexibility index (Phi) is 6.21. The van der Waals surface area contributed by atoms with Crippen molar-refractivity contribution in [3.8, 4) is 0 Å². The fraction of sp³-hybridized carbons (Fsp3) is 0.818. The Morgan fingerprint density at radius 2 is 2.15 bits per heavy atom. The Bertz CT molecular complexity index is 444. The Morgan fingerprint density at radius 3 is 2.65 bits per heavy atom. The average Bonchev–Trinajstić information content (AvgIpc) is 2.83. The first-order valence-corrected chi connectivity index (χ1v) is 8.36. The van der Waals surface area contributed by atoms with E-state index >= 15 is 0 Å². The summed E-state index contributed by atoms with van der Waals surface area (Å²) < 4.78 is 27.2. The molecule has 1 aliphatic heterocycles. The molecule has 2 unspecified atom stereocenters. The molecular formula is C11H20N2O6S. The lowest BCUT2D eigenvalue weighted by Gasteiger charge is -2.16. The molecule has 0 aliphatic carbocycles. The van der Waals surface area contributed by atoms with E-state index in [4.69, 9.17) is 9.84 Å². The minimum Gasteiger partial charge on any atom is -0.480 e. The Hall–Kier alpha value is -1.35.